The van der Waals surface area contributed by atoms with Gasteiger partial charge in [-0.2, -0.15) is 0 Å². The number of aromatic nitrogens is 2. The smallest absolute Gasteiger partial charge is 0.355 e. The lowest BCUT2D eigenvalue weighted by molar-refractivity contribution is 0.0689. The van der Waals surface area contributed by atoms with Gasteiger partial charge in [-0.1, -0.05) is 0 Å². The number of carboxylic acids is 1. The van der Waals surface area contributed by atoms with Crippen LogP contribution in [0.5, 0.6) is 0 Å². The Hall–Kier alpha value is -1.21. The Morgan fingerprint density at radius 2 is 2.06 bits per heavy atom. The SMILES string of the molecule is CN1CCN(c2ncc(Br)c(C(=O)O)n2)CC1. The van der Waals surface area contributed by atoms with E-state index >= 15 is 0 Å². The zero-order valence-corrected chi connectivity index (χ0v) is 11.0. The number of carboxylic acid groups (broad SMARTS) is 1. The summed E-state index contributed by atoms with van der Waals surface area (Å²) >= 11 is 3.13. The van der Waals surface area contributed by atoms with Crippen molar-refractivity contribution >= 4 is 27.8 Å². The lowest BCUT2D eigenvalue weighted by Gasteiger charge is -2.32. The predicted molar refractivity (Wildman–Crippen MR) is 66.4 cm³/mol. The Balaban J connectivity index is 2.21. The third kappa shape index (κ3) is 2.73. The van der Waals surface area contributed by atoms with Gasteiger partial charge >= 0.3 is 5.97 Å². The molecule has 1 fully saturated rings. The molecule has 0 aliphatic carbocycles. The van der Waals surface area contributed by atoms with Gasteiger partial charge in [0.1, 0.15) is 0 Å². The van der Waals surface area contributed by atoms with Gasteiger partial charge in [-0.05, 0) is 23.0 Å². The molecule has 0 unspecified atom stereocenters. The third-order valence-corrected chi connectivity index (χ3v) is 3.30. The van der Waals surface area contributed by atoms with Crippen molar-refractivity contribution < 1.29 is 9.90 Å². The van der Waals surface area contributed by atoms with Crippen molar-refractivity contribution in [2.75, 3.05) is 38.1 Å². The minimum atomic E-state index is -1.05. The number of rotatable bonds is 2. The zero-order chi connectivity index (χ0) is 12.4. The molecule has 0 bridgehead atoms. The number of likely N-dealkylation sites (N-methyl/N-ethyl adjacent to an activating group) is 1. The summed E-state index contributed by atoms with van der Waals surface area (Å²) in [5.41, 5.74) is 0.00827. The van der Waals surface area contributed by atoms with Gasteiger partial charge in [0.15, 0.2) is 5.69 Å². The van der Waals surface area contributed by atoms with Crippen molar-refractivity contribution in [2.45, 2.75) is 0 Å². The molecule has 1 saturated heterocycles. The molecule has 1 aliphatic rings. The quantitative estimate of drug-likeness (QED) is 0.867. The second-order valence-electron chi connectivity index (χ2n) is 3.96. The highest BCUT2D eigenvalue weighted by Gasteiger charge is 2.19. The summed E-state index contributed by atoms with van der Waals surface area (Å²) in [6, 6.07) is 0. The Labute approximate surface area is 107 Å². The number of halogens is 1. The van der Waals surface area contributed by atoms with Crippen molar-refractivity contribution in [2.24, 2.45) is 0 Å². The molecule has 2 rings (SSSR count). The van der Waals surface area contributed by atoms with E-state index in [0.717, 1.165) is 26.2 Å². The summed E-state index contributed by atoms with van der Waals surface area (Å²) in [7, 11) is 2.06. The first-order valence-electron chi connectivity index (χ1n) is 5.27. The van der Waals surface area contributed by atoms with Crippen LogP contribution in [-0.2, 0) is 0 Å². The fourth-order valence-corrected chi connectivity index (χ4v) is 2.03. The number of hydrogen-bond acceptors (Lipinski definition) is 5. The minimum absolute atomic E-state index is 0.00827. The van der Waals surface area contributed by atoms with E-state index in [4.69, 9.17) is 5.11 Å². The predicted octanol–water partition coefficient (Wildman–Crippen LogP) is 0.689. The van der Waals surface area contributed by atoms with Gasteiger partial charge in [-0.25, -0.2) is 14.8 Å². The maximum atomic E-state index is 11.0. The van der Waals surface area contributed by atoms with E-state index in [9.17, 15) is 4.79 Å². The molecule has 0 saturated carbocycles. The van der Waals surface area contributed by atoms with Gasteiger partial charge in [0.2, 0.25) is 5.95 Å². The summed E-state index contributed by atoms with van der Waals surface area (Å²) in [5, 5.41) is 8.98. The van der Waals surface area contributed by atoms with Crippen LogP contribution in [0.2, 0.25) is 0 Å². The molecule has 0 radical (unpaired) electrons. The van der Waals surface area contributed by atoms with Gasteiger partial charge in [-0.3, -0.25) is 0 Å². The van der Waals surface area contributed by atoms with Crippen molar-refractivity contribution in [3.8, 4) is 0 Å². The molecule has 0 aromatic carbocycles. The number of aromatic carboxylic acids is 1. The zero-order valence-electron chi connectivity index (χ0n) is 9.43. The van der Waals surface area contributed by atoms with Crippen LogP contribution in [0, 0.1) is 0 Å². The largest absolute Gasteiger partial charge is 0.476 e. The standard InChI is InChI=1S/C10H13BrN4O2/c1-14-2-4-15(5-3-14)10-12-6-7(11)8(13-10)9(16)17/h6H,2-5H2,1H3,(H,16,17). The van der Waals surface area contributed by atoms with Crippen molar-refractivity contribution in [1.29, 1.82) is 0 Å². The second kappa shape index (κ2) is 4.97. The topological polar surface area (TPSA) is 69.6 Å². The van der Waals surface area contributed by atoms with Crippen LogP contribution in [0.25, 0.3) is 0 Å². The molecule has 0 spiro atoms. The van der Waals surface area contributed by atoms with E-state index in [1.807, 2.05) is 4.90 Å². The van der Waals surface area contributed by atoms with Crippen molar-refractivity contribution in [3.05, 3.63) is 16.4 Å². The molecule has 1 aromatic heterocycles. The first-order chi connectivity index (χ1) is 8.08. The van der Waals surface area contributed by atoms with Crippen LogP contribution >= 0.6 is 15.9 Å². The molecule has 1 aliphatic heterocycles. The maximum absolute atomic E-state index is 11.0. The van der Waals surface area contributed by atoms with Crippen LogP contribution in [0.15, 0.2) is 10.7 Å². The Morgan fingerprint density at radius 1 is 1.41 bits per heavy atom. The summed E-state index contributed by atoms with van der Waals surface area (Å²) in [4.78, 5) is 23.4. The van der Waals surface area contributed by atoms with E-state index in [1.165, 1.54) is 6.20 Å². The van der Waals surface area contributed by atoms with Gasteiger partial charge < -0.3 is 14.9 Å². The lowest BCUT2D eigenvalue weighted by atomic mass is 10.3. The molecule has 17 heavy (non-hydrogen) atoms. The third-order valence-electron chi connectivity index (χ3n) is 2.72. The second-order valence-corrected chi connectivity index (χ2v) is 4.82. The molecule has 2 heterocycles. The van der Waals surface area contributed by atoms with Crippen LogP contribution in [0.4, 0.5) is 5.95 Å². The Bertz CT molecular complexity index is 432. The van der Waals surface area contributed by atoms with Gasteiger partial charge in [-0.15, -0.1) is 0 Å². The highest BCUT2D eigenvalue weighted by atomic mass is 79.9. The van der Waals surface area contributed by atoms with Crippen LogP contribution in [0.1, 0.15) is 10.5 Å². The number of carbonyl (C=O) groups is 1. The molecule has 6 nitrogen and oxygen atoms in total. The van der Waals surface area contributed by atoms with E-state index in [0.29, 0.717) is 10.4 Å². The summed E-state index contributed by atoms with van der Waals surface area (Å²) < 4.78 is 0.405. The monoisotopic (exact) mass is 300 g/mol. The normalized spacial score (nSPS) is 17.2. The maximum Gasteiger partial charge on any atom is 0.355 e. The molecule has 0 atom stereocenters. The van der Waals surface area contributed by atoms with E-state index in [1.54, 1.807) is 0 Å². The molecule has 0 amide bonds. The van der Waals surface area contributed by atoms with Gasteiger partial charge in [0.25, 0.3) is 0 Å². The number of hydrogen-bond donors (Lipinski definition) is 1. The van der Waals surface area contributed by atoms with Gasteiger partial charge in [0.05, 0.1) is 4.47 Å². The number of piperazine rings is 1. The molecule has 7 heteroatoms. The summed E-state index contributed by atoms with van der Waals surface area (Å²) in [6.45, 7) is 3.50. The first kappa shape index (κ1) is 12.3. The molecule has 1 N–H and O–H groups in total. The van der Waals surface area contributed by atoms with Crippen LogP contribution in [-0.4, -0.2) is 59.2 Å². The lowest BCUT2D eigenvalue weighted by Crippen LogP contribution is -2.45. The molecular formula is C10H13BrN4O2. The van der Waals surface area contributed by atoms with E-state index < -0.39 is 5.97 Å². The van der Waals surface area contributed by atoms with Crippen LogP contribution < -0.4 is 4.90 Å². The molecule has 1 aromatic rings. The molecule has 92 valence electrons. The highest BCUT2D eigenvalue weighted by molar-refractivity contribution is 9.10. The molecular weight excluding hydrogens is 288 g/mol. The average Bonchev–Trinajstić information content (AvgIpc) is 2.30. The number of nitrogens with zero attached hydrogens (tertiary/aromatic N) is 4. The summed E-state index contributed by atoms with van der Waals surface area (Å²) in [6.07, 6.45) is 1.49. The van der Waals surface area contributed by atoms with Crippen molar-refractivity contribution in [1.82, 2.24) is 14.9 Å². The fourth-order valence-electron chi connectivity index (χ4n) is 1.67. The average molecular weight is 301 g/mol. The summed E-state index contributed by atoms with van der Waals surface area (Å²) in [5.74, 6) is -0.562. The van der Waals surface area contributed by atoms with Crippen LogP contribution in [0.3, 0.4) is 0 Å². The highest BCUT2D eigenvalue weighted by Crippen LogP contribution is 2.17. The Morgan fingerprint density at radius 3 is 2.65 bits per heavy atom. The Kier molecular flexibility index (Phi) is 3.58. The van der Waals surface area contributed by atoms with E-state index in [-0.39, 0.29) is 5.69 Å². The van der Waals surface area contributed by atoms with E-state index in [2.05, 4.69) is 37.8 Å². The number of anilines is 1. The van der Waals surface area contributed by atoms with Gasteiger partial charge in [0, 0.05) is 32.4 Å². The van der Waals surface area contributed by atoms with Crippen molar-refractivity contribution in [3.63, 3.8) is 0 Å². The fraction of sp³-hybridized carbons (Fsp3) is 0.500. The minimum Gasteiger partial charge on any atom is -0.476 e. The first-order valence-corrected chi connectivity index (χ1v) is 6.06.